The van der Waals surface area contributed by atoms with Crippen LogP contribution in [0.5, 0.6) is 0 Å². The van der Waals surface area contributed by atoms with Crippen LogP contribution < -0.4 is 0 Å². The maximum Gasteiger partial charge on any atom is 0.0606 e. The van der Waals surface area contributed by atoms with Gasteiger partial charge in [-0.1, -0.05) is 87.5 Å². The van der Waals surface area contributed by atoms with E-state index >= 15 is 0 Å². The molecule has 1 rings (SSSR count). The smallest absolute Gasteiger partial charge is 0.0606 e. The number of hydrogen-bond acceptors (Lipinski definition) is 1. The van der Waals surface area contributed by atoms with Crippen LogP contribution in [0.15, 0.2) is 0 Å². The predicted octanol–water partition coefficient (Wildman–Crippen LogP) is 6.69. The third-order valence-corrected chi connectivity index (χ3v) is 6.31. The lowest BCUT2D eigenvalue weighted by Crippen LogP contribution is -2.47. The summed E-state index contributed by atoms with van der Waals surface area (Å²) in [5.41, 5.74) is 0.411. The first kappa shape index (κ1) is 21.0. The van der Waals surface area contributed by atoms with E-state index in [1.54, 1.807) is 0 Å². The molecule has 0 saturated heterocycles. The third-order valence-electron chi connectivity index (χ3n) is 6.31. The molecule has 1 aliphatic carbocycles. The highest BCUT2D eigenvalue weighted by Crippen LogP contribution is 2.49. The molecule has 1 N–H and O–H groups in total. The Hall–Kier alpha value is -0.0400. The molecule has 1 aliphatic rings. The molecule has 0 spiro atoms. The zero-order valence-corrected chi connectivity index (χ0v) is 17.3. The van der Waals surface area contributed by atoms with Gasteiger partial charge in [0.1, 0.15) is 0 Å². The minimum absolute atomic E-state index is 0.134. The first-order chi connectivity index (χ1) is 10.5. The van der Waals surface area contributed by atoms with Crippen molar-refractivity contribution in [2.45, 2.75) is 106 Å². The molecule has 3 unspecified atom stereocenters. The maximum absolute atomic E-state index is 11.0. The minimum atomic E-state index is -0.134. The van der Waals surface area contributed by atoms with Gasteiger partial charge in [0.2, 0.25) is 0 Å². The molecule has 1 nitrogen and oxygen atoms in total. The topological polar surface area (TPSA) is 20.2 Å². The van der Waals surface area contributed by atoms with Crippen LogP contribution in [0.3, 0.4) is 0 Å². The van der Waals surface area contributed by atoms with Gasteiger partial charge in [-0.25, -0.2) is 0 Å². The normalized spacial score (nSPS) is 31.2. The van der Waals surface area contributed by atoms with Gasteiger partial charge in [0, 0.05) is 0 Å². The number of aliphatic hydroxyl groups excluding tert-OH is 1. The van der Waals surface area contributed by atoms with E-state index in [1.807, 2.05) is 0 Å². The van der Waals surface area contributed by atoms with Gasteiger partial charge in [-0.15, -0.1) is 0 Å². The third kappa shape index (κ3) is 6.40. The molecule has 0 bridgehead atoms. The van der Waals surface area contributed by atoms with Crippen LogP contribution >= 0.6 is 0 Å². The zero-order valence-electron chi connectivity index (χ0n) is 17.3. The van der Waals surface area contributed by atoms with E-state index in [1.165, 1.54) is 44.9 Å². The SMILES string of the molecule is CCCC(C)CCCC1CC(C(C)(C)C)C(O)C(C(C)(C)C)C1. The highest BCUT2D eigenvalue weighted by molar-refractivity contribution is 4.95. The van der Waals surface area contributed by atoms with Crippen molar-refractivity contribution in [3.05, 3.63) is 0 Å². The summed E-state index contributed by atoms with van der Waals surface area (Å²) < 4.78 is 0. The van der Waals surface area contributed by atoms with Gasteiger partial charge in [0.15, 0.2) is 0 Å². The van der Waals surface area contributed by atoms with Gasteiger partial charge in [-0.3, -0.25) is 0 Å². The Kier molecular flexibility index (Phi) is 7.64. The van der Waals surface area contributed by atoms with Crippen molar-refractivity contribution in [1.29, 1.82) is 0 Å². The molecular weight excluding hydrogens is 280 g/mol. The quantitative estimate of drug-likeness (QED) is 0.577. The summed E-state index contributed by atoms with van der Waals surface area (Å²) in [6, 6.07) is 0. The second-order valence-corrected chi connectivity index (χ2v) is 10.6. The second kappa shape index (κ2) is 8.37. The van der Waals surface area contributed by atoms with Crippen molar-refractivity contribution in [3.63, 3.8) is 0 Å². The highest BCUT2D eigenvalue weighted by atomic mass is 16.3. The fourth-order valence-electron chi connectivity index (χ4n) is 4.73. The van der Waals surface area contributed by atoms with E-state index in [0.717, 1.165) is 11.8 Å². The van der Waals surface area contributed by atoms with E-state index in [4.69, 9.17) is 0 Å². The Morgan fingerprint density at radius 3 is 1.78 bits per heavy atom. The first-order valence-electron chi connectivity index (χ1n) is 10.1. The first-order valence-corrected chi connectivity index (χ1v) is 10.1. The van der Waals surface area contributed by atoms with Gasteiger partial charge in [-0.2, -0.15) is 0 Å². The average Bonchev–Trinajstić information content (AvgIpc) is 2.38. The molecular formula is C22H44O. The zero-order chi connectivity index (χ0) is 17.8. The van der Waals surface area contributed by atoms with Crippen LogP contribution in [0.4, 0.5) is 0 Å². The lowest BCUT2D eigenvalue weighted by atomic mass is 9.58. The molecule has 0 radical (unpaired) electrons. The van der Waals surface area contributed by atoms with E-state index in [9.17, 15) is 5.11 Å². The largest absolute Gasteiger partial charge is 0.393 e. The highest BCUT2D eigenvalue weighted by Gasteiger charge is 2.45. The molecule has 1 fully saturated rings. The summed E-state index contributed by atoms with van der Waals surface area (Å²) in [6.45, 7) is 18.6. The Labute approximate surface area is 146 Å². The van der Waals surface area contributed by atoms with Gasteiger partial charge < -0.3 is 5.11 Å². The summed E-state index contributed by atoms with van der Waals surface area (Å²) in [5, 5.41) is 11.0. The molecule has 138 valence electrons. The fraction of sp³-hybridized carbons (Fsp3) is 1.00. The Bertz CT molecular complexity index is 309. The van der Waals surface area contributed by atoms with Crippen molar-refractivity contribution in [3.8, 4) is 0 Å². The van der Waals surface area contributed by atoms with Crippen LogP contribution in [-0.2, 0) is 0 Å². The maximum atomic E-state index is 11.0. The summed E-state index contributed by atoms with van der Waals surface area (Å²) in [6.07, 6.45) is 9.11. The van der Waals surface area contributed by atoms with E-state index in [2.05, 4.69) is 55.4 Å². The monoisotopic (exact) mass is 324 g/mol. The number of aliphatic hydroxyl groups is 1. The van der Waals surface area contributed by atoms with Crippen molar-refractivity contribution in [2.24, 2.45) is 34.5 Å². The van der Waals surface area contributed by atoms with Crippen LogP contribution in [0.1, 0.15) is 100 Å². The average molecular weight is 325 g/mol. The van der Waals surface area contributed by atoms with Crippen LogP contribution in [0.25, 0.3) is 0 Å². The van der Waals surface area contributed by atoms with Crippen LogP contribution in [0.2, 0.25) is 0 Å². The molecule has 0 amide bonds. The minimum Gasteiger partial charge on any atom is -0.393 e. The summed E-state index contributed by atoms with van der Waals surface area (Å²) in [5.74, 6) is 2.57. The molecule has 3 atom stereocenters. The lowest BCUT2D eigenvalue weighted by molar-refractivity contribution is -0.0848. The Morgan fingerprint density at radius 1 is 0.913 bits per heavy atom. The van der Waals surface area contributed by atoms with Crippen molar-refractivity contribution >= 4 is 0 Å². The van der Waals surface area contributed by atoms with Gasteiger partial charge >= 0.3 is 0 Å². The van der Waals surface area contributed by atoms with Gasteiger partial charge in [0.25, 0.3) is 0 Å². The molecule has 0 aromatic rings. The van der Waals surface area contributed by atoms with E-state index in [0.29, 0.717) is 11.8 Å². The van der Waals surface area contributed by atoms with Gasteiger partial charge in [0.05, 0.1) is 6.10 Å². The molecule has 0 aromatic carbocycles. The molecule has 0 aliphatic heterocycles. The molecule has 0 aromatic heterocycles. The van der Waals surface area contributed by atoms with E-state index in [-0.39, 0.29) is 16.9 Å². The van der Waals surface area contributed by atoms with Crippen molar-refractivity contribution in [2.75, 3.05) is 0 Å². The fourth-order valence-corrected chi connectivity index (χ4v) is 4.73. The lowest BCUT2D eigenvalue weighted by Gasteiger charge is -2.49. The molecule has 0 heterocycles. The van der Waals surface area contributed by atoms with Gasteiger partial charge in [-0.05, 0) is 47.3 Å². The van der Waals surface area contributed by atoms with Crippen molar-refractivity contribution in [1.82, 2.24) is 0 Å². The molecule has 1 saturated carbocycles. The number of rotatable bonds is 6. The van der Waals surface area contributed by atoms with Crippen LogP contribution in [-0.4, -0.2) is 11.2 Å². The number of hydrogen-bond donors (Lipinski definition) is 1. The molecule has 1 heteroatoms. The van der Waals surface area contributed by atoms with Crippen LogP contribution in [0, 0.1) is 34.5 Å². The Balaban J connectivity index is 2.69. The summed E-state index contributed by atoms with van der Waals surface area (Å²) in [4.78, 5) is 0. The Morgan fingerprint density at radius 2 is 1.39 bits per heavy atom. The second-order valence-electron chi connectivity index (χ2n) is 10.6. The predicted molar refractivity (Wildman–Crippen MR) is 103 cm³/mol. The summed E-state index contributed by atoms with van der Waals surface area (Å²) >= 11 is 0. The van der Waals surface area contributed by atoms with E-state index < -0.39 is 0 Å². The summed E-state index contributed by atoms with van der Waals surface area (Å²) in [7, 11) is 0. The van der Waals surface area contributed by atoms with Crippen molar-refractivity contribution < 1.29 is 5.11 Å². The standard InChI is InChI=1S/C22H44O/c1-9-11-16(2)12-10-13-17-14-18(21(3,4)5)20(23)19(15-17)22(6,7)8/h16-20,23H,9-15H2,1-8H3. The molecule has 23 heavy (non-hydrogen) atoms.